The monoisotopic (exact) mass is 751 g/mol. The Kier molecular flexibility index (Phi) is 13.7. The van der Waals surface area contributed by atoms with Crippen LogP contribution in [0.15, 0.2) is 97.5 Å². The number of carbonyl (C=O) groups is 2. The number of carbonyl (C=O) groups excluding carboxylic acids is 2. The van der Waals surface area contributed by atoms with E-state index in [9.17, 15) is 14.9 Å². The smallest absolute Gasteiger partial charge is 0.324 e. The molecule has 0 radical (unpaired) electrons. The number of nitrogens with two attached hydrogens (primary N) is 1. The molecule has 0 fully saturated rings. The van der Waals surface area contributed by atoms with Crippen LogP contribution in [0.2, 0.25) is 0 Å². The van der Waals surface area contributed by atoms with E-state index in [1.165, 1.54) is 6.33 Å². The summed E-state index contributed by atoms with van der Waals surface area (Å²) < 4.78 is 34.2. The Morgan fingerprint density at radius 3 is 1.96 bits per heavy atom. The molecule has 2 heterocycles. The van der Waals surface area contributed by atoms with Gasteiger partial charge < -0.3 is 24.5 Å². The summed E-state index contributed by atoms with van der Waals surface area (Å²) in [6, 6.07) is 25.9. The molecule has 282 valence electrons. The van der Waals surface area contributed by atoms with Gasteiger partial charge in [-0.3, -0.25) is 14.2 Å². The van der Waals surface area contributed by atoms with Crippen LogP contribution in [0.5, 0.6) is 0 Å². The first kappa shape index (κ1) is 39.8. The number of nitrogens with one attached hydrogen (secondary N) is 2. The number of nitrogens with zero attached hydrogens (tertiary/aromatic N) is 4. The zero-order valence-corrected chi connectivity index (χ0v) is 31.7. The van der Waals surface area contributed by atoms with Gasteiger partial charge in [0.1, 0.15) is 36.2 Å². The van der Waals surface area contributed by atoms with Gasteiger partial charge >= 0.3 is 11.9 Å². The molecule has 2 aromatic heterocycles. The molecule has 0 aliphatic rings. The summed E-state index contributed by atoms with van der Waals surface area (Å²) in [5.74, 6) is -0.904. The largest absolute Gasteiger partial charge is 0.462 e. The van der Waals surface area contributed by atoms with Crippen molar-refractivity contribution in [2.75, 3.05) is 18.7 Å². The first-order chi connectivity index (χ1) is 25.9. The number of esters is 2. The lowest BCUT2D eigenvalue weighted by Gasteiger charge is -2.29. The van der Waals surface area contributed by atoms with Crippen molar-refractivity contribution in [3.05, 3.63) is 114 Å². The predicted octanol–water partition coefficient (Wildman–Crippen LogP) is 6.02. The summed E-state index contributed by atoms with van der Waals surface area (Å²) in [7, 11) is -3.94. The molecule has 14 heteroatoms. The minimum atomic E-state index is -3.94. The number of hydrogen-bond acceptors (Lipinski definition) is 10. The summed E-state index contributed by atoms with van der Waals surface area (Å²) in [5, 5.41) is 16.2. The Morgan fingerprint density at radius 2 is 1.43 bits per heavy atom. The molecule has 5 aromatic rings. The van der Waals surface area contributed by atoms with Gasteiger partial charge in [0.05, 0.1) is 35.8 Å². The highest BCUT2D eigenvalue weighted by Crippen LogP contribution is 2.39. The molecule has 4 N–H and O–H groups in total. The van der Waals surface area contributed by atoms with Crippen molar-refractivity contribution >= 4 is 36.2 Å². The molecule has 0 amide bonds. The zero-order valence-electron chi connectivity index (χ0n) is 30.8. The molecule has 13 nitrogen and oxygen atoms in total. The van der Waals surface area contributed by atoms with Crippen molar-refractivity contribution in [3.63, 3.8) is 0 Å². The maximum atomic E-state index is 15.1. The van der Waals surface area contributed by atoms with Crippen LogP contribution in [-0.4, -0.2) is 63.7 Å². The van der Waals surface area contributed by atoms with Crippen LogP contribution in [-0.2, 0) is 47.8 Å². The van der Waals surface area contributed by atoms with E-state index in [2.05, 4.69) is 26.2 Å². The average molecular weight is 752 g/mol. The molecule has 0 aliphatic carbocycles. The molecule has 2 atom stereocenters. The molecule has 54 heavy (non-hydrogen) atoms. The molecule has 0 unspecified atom stereocenters. The van der Waals surface area contributed by atoms with Crippen LogP contribution >= 0.6 is 7.44 Å². The number of nitrogen functional groups attached to an aromatic ring is 1. The van der Waals surface area contributed by atoms with Crippen LogP contribution in [0.3, 0.4) is 0 Å². The Hall–Kier alpha value is -5.38. The lowest BCUT2D eigenvalue weighted by atomic mass is 10.0. The van der Waals surface area contributed by atoms with Crippen LogP contribution in [0.4, 0.5) is 5.82 Å². The first-order valence-electron chi connectivity index (χ1n) is 17.8. The second-order valence-corrected chi connectivity index (χ2v) is 15.6. The number of aromatic nitrogens is 3. The van der Waals surface area contributed by atoms with Crippen molar-refractivity contribution in [1.29, 1.82) is 5.26 Å². The van der Waals surface area contributed by atoms with Gasteiger partial charge in [-0.2, -0.15) is 5.26 Å². The normalized spacial score (nSPS) is 12.8. The van der Waals surface area contributed by atoms with Gasteiger partial charge in [0.2, 0.25) is 7.44 Å². The highest BCUT2D eigenvalue weighted by molar-refractivity contribution is 7.59. The predicted molar refractivity (Wildman–Crippen MR) is 207 cm³/mol. The second kappa shape index (κ2) is 18.6. The molecular weight excluding hydrogens is 705 g/mol. The molecule has 0 spiro atoms. The van der Waals surface area contributed by atoms with Gasteiger partial charge in [0.15, 0.2) is 0 Å². The van der Waals surface area contributed by atoms with Crippen molar-refractivity contribution in [2.24, 2.45) is 0 Å². The fourth-order valence-corrected chi connectivity index (χ4v) is 7.97. The molecule has 0 aliphatic heterocycles. The van der Waals surface area contributed by atoms with Crippen molar-refractivity contribution in [2.45, 2.75) is 71.4 Å². The maximum absolute atomic E-state index is 15.1. The molecule has 0 saturated carbocycles. The SMILES string of the molecule is CC(C)OC(=O)[C@H](Cc1ccccc1)NP(=O)(COCCn1cc(-c2cccc(C#N)c2)c2c(N)ncnc21)N[C@@H](Cc1ccccc1)C(=O)OC(C)C. The first-order valence-corrected chi connectivity index (χ1v) is 19.6. The zero-order chi connectivity index (χ0) is 38.7. The average Bonchev–Trinajstić information content (AvgIpc) is 3.53. The van der Waals surface area contributed by atoms with E-state index >= 15 is 4.57 Å². The van der Waals surface area contributed by atoms with Crippen LogP contribution in [0.25, 0.3) is 22.2 Å². The van der Waals surface area contributed by atoms with E-state index in [0.717, 1.165) is 22.3 Å². The Balaban J connectivity index is 1.43. The quantitative estimate of drug-likeness (QED) is 0.0538. The standard InChI is InChI=1S/C40H46N7O6P/c1-27(2)52-39(48)34(21-29-12-7-5-8-13-29)45-54(50,46-35(40(49)53-28(3)4)22-30-14-9-6-10-15-30)26-51-19-18-47-24-33(32-17-11-16-31(20-32)23-41)36-37(42)43-25-44-38(36)47/h5-17,20,24-25,27-28,34-35H,18-19,21-22,26H2,1-4H3,(H2,42,43,44)(H2,45,46,50)/t34-,35-/m0/s1. The summed E-state index contributed by atoms with van der Waals surface area (Å²) >= 11 is 0. The van der Waals surface area contributed by atoms with Crippen molar-refractivity contribution < 1.29 is 28.4 Å². The fraction of sp³-hybridized carbons (Fsp3) is 0.325. The van der Waals surface area contributed by atoms with Gasteiger partial charge in [0.25, 0.3) is 0 Å². The number of rotatable bonds is 18. The van der Waals surface area contributed by atoms with Crippen LogP contribution in [0, 0.1) is 11.3 Å². The number of nitriles is 1. The molecule has 0 saturated heterocycles. The van der Waals surface area contributed by atoms with E-state index in [1.807, 2.05) is 77.5 Å². The van der Waals surface area contributed by atoms with Crippen molar-refractivity contribution in [1.82, 2.24) is 24.7 Å². The number of ether oxygens (including phenoxy) is 3. The highest BCUT2D eigenvalue weighted by atomic mass is 31.2. The minimum Gasteiger partial charge on any atom is -0.462 e. The highest BCUT2D eigenvalue weighted by Gasteiger charge is 2.36. The van der Waals surface area contributed by atoms with Gasteiger partial charge in [-0.25, -0.2) is 20.1 Å². The third-order valence-corrected chi connectivity index (χ3v) is 10.3. The summed E-state index contributed by atoms with van der Waals surface area (Å²) in [4.78, 5) is 35.7. The second-order valence-electron chi connectivity index (χ2n) is 13.4. The molecule has 3 aromatic carbocycles. The fourth-order valence-electron chi connectivity index (χ4n) is 5.96. The lowest BCUT2D eigenvalue weighted by molar-refractivity contribution is -0.150. The minimum absolute atomic E-state index is 0.0678. The van der Waals surface area contributed by atoms with Gasteiger partial charge in [-0.15, -0.1) is 0 Å². The summed E-state index contributed by atoms with van der Waals surface area (Å²) in [6.45, 7) is 7.31. The Bertz CT molecular complexity index is 2040. The van der Waals surface area contributed by atoms with Gasteiger partial charge in [-0.05, 0) is 69.4 Å². The number of benzene rings is 3. The van der Waals surface area contributed by atoms with E-state index in [0.29, 0.717) is 16.6 Å². The summed E-state index contributed by atoms with van der Waals surface area (Å²) in [6.07, 6.45) is 2.35. The van der Waals surface area contributed by atoms with Gasteiger partial charge in [0, 0.05) is 18.3 Å². The Labute approximate surface area is 315 Å². The number of hydrogen-bond donors (Lipinski definition) is 3. The van der Waals surface area contributed by atoms with Crippen LogP contribution < -0.4 is 15.9 Å². The molecular formula is C40H46N7O6P. The van der Waals surface area contributed by atoms with E-state index in [1.54, 1.807) is 45.9 Å². The summed E-state index contributed by atoms with van der Waals surface area (Å²) in [5.41, 5.74) is 10.5. The molecule has 0 bridgehead atoms. The van der Waals surface area contributed by atoms with Crippen LogP contribution in [0.1, 0.15) is 44.4 Å². The lowest BCUT2D eigenvalue weighted by Crippen LogP contribution is -2.47. The Morgan fingerprint density at radius 1 is 0.852 bits per heavy atom. The van der Waals surface area contributed by atoms with E-state index < -0.39 is 43.7 Å². The number of anilines is 1. The van der Waals surface area contributed by atoms with Gasteiger partial charge in [-0.1, -0.05) is 72.8 Å². The number of fused-ring (bicyclic) bond motifs is 1. The maximum Gasteiger partial charge on any atom is 0.324 e. The third kappa shape index (κ3) is 10.8. The molecule has 5 rings (SSSR count). The van der Waals surface area contributed by atoms with E-state index in [-0.39, 0.29) is 38.2 Å². The third-order valence-electron chi connectivity index (χ3n) is 8.30. The van der Waals surface area contributed by atoms with Crippen molar-refractivity contribution in [3.8, 4) is 17.2 Å². The topological polar surface area (TPSA) is 183 Å². The van der Waals surface area contributed by atoms with E-state index in [4.69, 9.17) is 19.9 Å².